The molecule has 4 heteroatoms. The van der Waals surface area contributed by atoms with Gasteiger partial charge in [0.2, 0.25) is 0 Å². The van der Waals surface area contributed by atoms with Crippen LogP contribution in [-0.2, 0) is 0 Å². The fraction of sp³-hybridized carbons (Fsp3) is 0.231. The van der Waals surface area contributed by atoms with Crippen LogP contribution in [0.15, 0.2) is 34.9 Å². The third-order valence-electron chi connectivity index (χ3n) is 2.46. The summed E-state index contributed by atoms with van der Waals surface area (Å²) in [6, 6.07) is 10.2. The molecule has 0 saturated heterocycles. The van der Waals surface area contributed by atoms with E-state index in [0.29, 0.717) is 6.42 Å². The van der Waals surface area contributed by atoms with Crippen LogP contribution >= 0.6 is 15.9 Å². The number of halogens is 1. The normalized spacial score (nSPS) is 10.1. The molecule has 0 spiro atoms. The summed E-state index contributed by atoms with van der Waals surface area (Å²) in [5, 5.41) is 12.9. The average molecular weight is 290 g/mol. The molecule has 2 aromatic rings. The fourth-order valence-corrected chi connectivity index (χ4v) is 2.02. The Labute approximate surface area is 109 Å². The first-order valence-corrected chi connectivity index (χ1v) is 6.25. The van der Waals surface area contributed by atoms with E-state index in [4.69, 9.17) is 5.26 Å². The van der Waals surface area contributed by atoms with Crippen molar-refractivity contribution in [3.8, 4) is 6.07 Å². The first kappa shape index (κ1) is 11.9. The van der Waals surface area contributed by atoms with E-state index in [1.807, 2.05) is 24.3 Å². The molecule has 0 aliphatic carbocycles. The van der Waals surface area contributed by atoms with Crippen molar-refractivity contribution >= 4 is 32.5 Å². The number of hydrogen-bond acceptors (Lipinski definition) is 3. The van der Waals surface area contributed by atoms with E-state index in [1.54, 1.807) is 6.20 Å². The molecular formula is C13H12BrN3. The first-order valence-electron chi connectivity index (χ1n) is 5.46. The highest BCUT2D eigenvalue weighted by molar-refractivity contribution is 9.10. The molecule has 0 bridgehead atoms. The van der Waals surface area contributed by atoms with Crippen molar-refractivity contribution in [3.63, 3.8) is 0 Å². The fourth-order valence-electron chi connectivity index (χ4n) is 1.67. The van der Waals surface area contributed by atoms with Crippen molar-refractivity contribution in [3.05, 3.63) is 34.9 Å². The van der Waals surface area contributed by atoms with Gasteiger partial charge in [0, 0.05) is 29.0 Å². The number of hydrogen-bond donors (Lipinski definition) is 1. The zero-order valence-corrected chi connectivity index (χ0v) is 10.9. The van der Waals surface area contributed by atoms with Crippen LogP contribution in [0, 0.1) is 11.3 Å². The molecule has 0 unspecified atom stereocenters. The molecule has 0 aliphatic heterocycles. The molecule has 2 rings (SSSR count). The van der Waals surface area contributed by atoms with Crippen LogP contribution in [0.25, 0.3) is 10.9 Å². The lowest BCUT2D eigenvalue weighted by molar-refractivity contribution is 0.898. The van der Waals surface area contributed by atoms with Crippen LogP contribution in [0.3, 0.4) is 0 Å². The number of para-hydroxylation sites is 1. The molecule has 1 aromatic carbocycles. The molecule has 0 saturated carbocycles. The molecule has 1 heterocycles. The van der Waals surface area contributed by atoms with Gasteiger partial charge in [-0.3, -0.25) is 4.98 Å². The minimum atomic E-state index is 0.580. The highest BCUT2D eigenvalue weighted by atomic mass is 79.9. The molecule has 3 nitrogen and oxygen atoms in total. The Bertz CT molecular complexity index is 560. The highest BCUT2D eigenvalue weighted by Gasteiger charge is 2.01. The van der Waals surface area contributed by atoms with Crippen molar-refractivity contribution in [1.82, 2.24) is 4.98 Å². The topological polar surface area (TPSA) is 48.7 Å². The predicted molar refractivity (Wildman–Crippen MR) is 72.8 cm³/mol. The largest absolute Gasteiger partial charge is 0.383 e. The second-order valence-electron chi connectivity index (χ2n) is 3.72. The number of nitrogens with one attached hydrogen (secondary N) is 1. The summed E-state index contributed by atoms with van der Waals surface area (Å²) in [6.45, 7) is 0.796. The van der Waals surface area contributed by atoms with Gasteiger partial charge >= 0.3 is 0 Å². The van der Waals surface area contributed by atoms with Crippen molar-refractivity contribution in [2.45, 2.75) is 12.8 Å². The maximum Gasteiger partial charge on any atom is 0.0934 e. The Morgan fingerprint density at radius 2 is 2.29 bits per heavy atom. The van der Waals surface area contributed by atoms with Crippen LogP contribution in [-0.4, -0.2) is 11.5 Å². The van der Waals surface area contributed by atoms with Crippen molar-refractivity contribution < 1.29 is 0 Å². The number of unbranched alkanes of at least 4 members (excludes halogenated alkanes) is 1. The smallest absolute Gasteiger partial charge is 0.0934 e. The zero-order valence-electron chi connectivity index (χ0n) is 9.28. The number of nitrogens with zero attached hydrogens (tertiary/aromatic N) is 2. The van der Waals surface area contributed by atoms with E-state index >= 15 is 0 Å². The molecule has 1 N–H and O–H groups in total. The summed E-state index contributed by atoms with van der Waals surface area (Å²) in [6.07, 6.45) is 3.23. The van der Waals surface area contributed by atoms with Gasteiger partial charge < -0.3 is 5.32 Å². The van der Waals surface area contributed by atoms with Crippen molar-refractivity contribution in [2.75, 3.05) is 11.9 Å². The number of benzene rings is 1. The second kappa shape index (κ2) is 5.65. The molecule has 86 valence electrons. The summed E-state index contributed by atoms with van der Waals surface area (Å²) in [7, 11) is 0. The summed E-state index contributed by atoms with van der Waals surface area (Å²) >= 11 is 3.41. The van der Waals surface area contributed by atoms with Gasteiger partial charge in [-0.2, -0.15) is 5.26 Å². The van der Waals surface area contributed by atoms with E-state index < -0.39 is 0 Å². The van der Waals surface area contributed by atoms with Crippen LogP contribution < -0.4 is 5.32 Å². The zero-order chi connectivity index (χ0) is 12.1. The minimum Gasteiger partial charge on any atom is -0.383 e. The van der Waals surface area contributed by atoms with E-state index in [1.165, 1.54) is 0 Å². The Balaban J connectivity index is 2.20. The Hall–Kier alpha value is -1.60. The predicted octanol–water partition coefficient (Wildman–Crippen LogP) is 3.71. The minimum absolute atomic E-state index is 0.580. The lowest BCUT2D eigenvalue weighted by Crippen LogP contribution is -2.02. The Morgan fingerprint density at radius 1 is 1.41 bits per heavy atom. The molecule has 0 atom stereocenters. The molecule has 0 aliphatic rings. The van der Waals surface area contributed by atoms with Crippen LogP contribution in [0.4, 0.5) is 5.69 Å². The van der Waals surface area contributed by atoms with Gasteiger partial charge in [0.1, 0.15) is 0 Å². The van der Waals surface area contributed by atoms with Gasteiger partial charge in [-0.15, -0.1) is 0 Å². The van der Waals surface area contributed by atoms with Gasteiger partial charge in [-0.25, -0.2) is 0 Å². The second-order valence-corrected chi connectivity index (χ2v) is 4.63. The van der Waals surface area contributed by atoms with Crippen LogP contribution in [0.2, 0.25) is 0 Å². The van der Waals surface area contributed by atoms with Gasteiger partial charge in [0.25, 0.3) is 0 Å². The Kier molecular flexibility index (Phi) is 3.94. The van der Waals surface area contributed by atoms with Crippen molar-refractivity contribution in [1.29, 1.82) is 5.26 Å². The Morgan fingerprint density at radius 3 is 3.12 bits per heavy atom. The van der Waals surface area contributed by atoms with Crippen molar-refractivity contribution in [2.24, 2.45) is 0 Å². The van der Waals surface area contributed by atoms with Gasteiger partial charge in [0.15, 0.2) is 0 Å². The maximum atomic E-state index is 8.47. The first-order chi connectivity index (χ1) is 8.31. The standard InChI is InChI=1S/C13H12BrN3/c14-11-8-10-4-3-5-12(13(10)17-9-11)16-7-2-1-6-15/h3-5,8-9,16H,1-2,7H2. The monoisotopic (exact) mass is 289 g/mol. The third kappa shape index (κ3) is 2.95. The molecule has 17 heavy (non-hydrogen) atoms. The maximum absolute atomic E-state index is 8.47. The highest BCUT2D eigenvalue weighted by Crippen LogP contribution is 2.23. The molecule has 0 fully saturated rings. The number of anilines is 1. The number of aromatic nitrogens is 1. The van der Waals surface area contributed by atoms with Crippen LogP contribution in [0.1, 0.15) is 12.8 Å². The lowest BCUT2D eigenvalue weighted by Gasteiger charge is -2.08. The van der Waals surface area contributed by atoms with Gasteiger partial charge in [0.05, 0.1) is 17.3 Å². The number of rotatable bonds is 4. The molecule has 0 amide bonds. The SMILES string of the molecule is N#CCCCNc1cccc2cc(Br)cnc12. The van der Waals surface area contributed by atoms with E-state index in [9.17, 15) is 0 Å². The third-order valence-corrected chi connectivity index (χ3v) is 2.89. The molecule has 1 aromatic heterocycles. The number of fused-ring (bicyclic) bond motifs is 1. The van der Waals surface area contributed by atoms with E-state index in [-0.39, 0.29) is 0 Å². The van der Waals surface area contributed by atoms with Gasteiger partial charge in [-0.05, 0) is 34.5 Å². The summed E-state index contributed by atoms with van der Waals surface area (Å²) in [4.78, 5) is 4.41. The van der Waals surface area contributed by atoms with E-state index in [2.05, 4.69) is 32.3 Å². The lowest BCUT2D eigenvalue weighted by atomic mass is 10.2. The number of pyridine rings is 1. The molecule has 0 radical (unpaired) electrons. The number of nitriles is 1. The van der Waals surface area contributed by atoms with Crippen LogP contribution in [0.5, 0.6) is 0 Å². The summed E-state index contributed by atoms with van der Waals surface area (Å²) < 4.78 is 0.978. The molecular weight excluding hydrogens is 278 g/mol. The summed E-state index contributed by atoms with van der Waals surface area (Å²) in [5.41, 5.74) is 1.99. The van der Waals surface area contributed by atoms with Gasteiger partial charge in [-0.1, -0.05) is 12.1 Å². The quantitative estimate of drug-likeness (QED) is 0.873. The van der Waals surface area contributed by atoms with E-state index in [0.717, 1.165) is 34.0 Å². The average Bonchev–Trinajstić information content (AvgIpc) is 2.34. The summed E-state index contributed by atoms with van der Waals surface area (Å²) in [5.74, 6) is 0.